The molecule has 1 aromatic heterocycles. The van der Waals surface area contributed by atoms with Crippen LogP contribution in [0.5, 0.6) is 0 Å². The van der Waals surface area contributed by atoms with Crippen molar-refractivity contribution in [3.8, 4) is 0 Å². The van der Waals surface area contributed by atoms with Gasteiger partial charge in [0.1, 0.15) is 12.2 Å². The summed E-state index contributed by atoms with van der Waals surface area (Å²) in [6.07, 6.45) is 6.00. The van der Waals surface area contributed by atoms with Crippen molar-refractivity contribution in [2.75, 3.05) is 0 Å². The van der Waals surface area contributed by atoms with Crippen molar-refractivity contribution in [3.05, 3.63) is 24.0 Å². The van der Waals surface area contributed by atoms with Gasteiger partial charge in [-0.25, -0.2) is 0 Å². The Bertz CT molecular complexity index is 467. The molecule has 1 heterocycles. The van der Waals surface area contributed by atoms with Crippen LogP contribution in [0.1, 0.15) is 43.1 Å². The van der Waals surface area contributed by atoms with E-state index in [1.165, 1.54) is 11.0 Å². The van der Waals surface area contributed by atoms with E-state index in [4.69, 9.17) is 5.11 Å². The van der Waals surface area contributed by atoms with Gasteiger partial charge < -0.3 is 15.0 Å². The summed E-state index contributed by atoms with van der Waals surface area (Å²) in [4.78, 5) is 22.9. The molecule has 1 aliphatic carbocycles. The molecule has 0 aliphatic heterocycles. The van der Waals surface area contributed by atoms with Crippen LogP contribution in [0, 0.1) is 5.92 Å². The van der Waals surface area contributed by atoms with E-state index in [0.29, 0.717) is 11.6 Å². The molecule has 5 heteroatoms. The highest BCUT2D eigenvalue weighted by molar-refractivity contribution is 5.93. The second-order valence-corrected chi connectivity index (χ2v) is 5.36. The summed E-state index contributed by atoms with van der Waals surface area (Å²) in [5.74, 6) is -0.480. The van der Waals surface area contributed by atoms with Crippen molar-refractivity contribution in [1.82, 2.24) is 9.88 Å². The minimum atomic E-state index is -0.948. The summed E-state index contributed by atoms with van der Waals surface area (Å²) in [6, 6.07) is 3.57. The average molecular weight is 264 g/mol. The van der Waals surface area contributed by atoms with Gasteiger partial charge in [-0.3, -0.25) is 9.59 Å². The molecule has 0 spiro atoms. The molecular weight excluding hydrogens is 244 g/mol. The third-order valence-electron chi connectivity index (χ3n) is 3.64. The Morgan fingerprint density at radius 2 is 2.26 bits per heavy atom. The highest BCUT2D eigenvalue weighted by atomic mass is 16.4. The van der Waals surface area contributed by atoms with Crippen LogP contribution in [-0.4, -0.2) is 27.6 Å². The zero-order valence-corrected chi connectivity index (χ0v) is 11.1. The van der Waals surface area contributed by atoms with Gasteiger partial charge >= 0.3 is 5.97 Å². The summed E-state index contributed by atoms with van der Waals surface area (Å²) in [5.41, 5.74) is 0.417. The number of rotatable bonds is 4. The van der Waals surface area contributed by atoms with Gasteiger partial charge in [0, 0.05) is 12.2 Å². The molecule has 5 nitrogen and oxygen atoms in total. The van der Waals surface area contributed by atoms with Crippen LogP contribution in [0.15, 0.2) is 18.3 Å². The van der Waals surface area contributed by atoms with Gasteiger partial charge in [0.15, 0.2) is 0 Å². The van der Waals surface area contributed by atoms with Crippen molar-refractivity contribution in [1.29, 1.82) is 0 Å². The zero-order chi connectivity index (χ0) is 13.8. The second kappa shape index (κ2) is 5.91. The molecule has 2 atom stereocenters. The molecule has 2 N–H and O–H groups in total. The van der Waals surface area contributed by atoms with E-state index in [2.05, 4.69) is 12.2 Å². The van der Waals surface area contributed by atoms with Gasteiger partial charge in [0.2, 0.25) is 0 Å². The normalized spacial score (nSPS) is 23.0. The molecule has 19 heavy (non-hydrogen) atoms. The lowest BCUT2D eigenvalue weighted by Crippen LogP contribution is -2.39. The van der Waals surface area contributed by atoms with Gasteiger partial charge in [-0.1, -0.05) is 19.8 Å². The fraction of sp³-hybridized carbons (Fsp3) is 0.571. The number of nitrogens with one attached hydrogen (secondary N) is 1. The number of carbonyl (C=O) groups excluding carboxylic acids is 1. The molecule has 0 aromatic carbocycles. The van der Waals surface area contributed by atoms with Crippen LogP contribution < -0.4 is 5.32 Å². The maximum atomic E-state index is 12.2. The molecule has 0 bridgehead atoms. The van der Waals surface area contributed by atoms with Crippen molar-refractivity contribution >= 4 is 11.9 Å². The lowest BCUT2D eigenvalue weighted by Gasteiger charge is -2.27. The predicted molar refractivity (Wildman–Crippen MR) is 71.0 cm³/mol. The van der Waals surface area contributed by atoms with E-state index in [1.807, 2.05) is 0 Å². The number of hydrogen-bond donors (Lipinski definition) is 2. The van der Waals surface area contributed by atoms with Crippen LogP contribution in [0.4, 0.5) is 0 Å². The highest BCUT2D eigenvalue weighted by Gasteiger charge is 2.22. The Kier molecular flexibility index (Phi) is 4.24. The number of nitrogens with zero attached hydrogens (tertiary/aromatic N) is 1. The first-order chi connectivity index (χ1) is 9.06. The SMILES string of the molecule is CC1CCCC(NC(=O)c2cccn2CC(=O)O)C1. The van der Waals surface area contributed by atoms with Crippen molar-refractivity contribution in [2.45, 2.75) is 45.2 Å². The Balaban J connectivity index is 1.99. The first-order valence-corrected chi connectivity index (χ1v) is 6.74. The summed E-state index contributed by atoms with van der Waals surface area (Å²) in [7, 11) is 0. The van der Waals surface area contributed by atoms with Gasteiger partial charge in [-0.05, 0) is 30.9 Å². The topological polar surface area (TPSA) is 71.3 Å². The molecule has 1 aliphatic rings. The third kappa shape index (κ3) is 3.59. The number of aliphatic carboxylic acids is 1. The standard InChI is InChI=1S/C14H20N2O3/c1-10-4-2-5-11(8-10)15-14(19)12-6-3-7-16(12)9-13(17)18/h3,6-7,10-11H,2,4-5,8-9H2,1H3,(H,15,19)(H,17,18). The molecule has 1 amide bonds. The van der Waals surface area contributed by atoms with Gasteiger partial charge in [0.25, 0.3) is 5.91 Å². The molecule has 104 valence electrons. The molecule has 2 unspecified atom stereocenters. The Labute approximate surface area is 112 Å². The maximum absolute atomic E-state index is 12.2. The zero-order valence-electron chi connectivity index (χ0n) is 11.1. The van der Waals surface area contributed by atoms with Crippen LogP contribution in [0.2, 0.25) is 0 Å². The van der Waals surface area contributed by atoms with Crippen molar-refractivity contribution < 1.29 is 14.7 Å². The summed E-state index contributed by atoms with van der Waals surface area (Å²) in [5, 5.41) is 11.8. The molecular formula is C14H20N2O3. The van der Waals surface area contributed by atoms with Crippen LogP contribution in [-0.2, 0) is 11.3 Å². The third-order valence-corrected chi connectivity index (χ3v) is 3.64. The largest absolute Gasteiger partial charge is 0.480 e. The summed E-state index contributed by atoms with van der Waals surface area (Å²) >= 11 is 0. The Morgan fingerprint density at radius 1 is 1.47 bits per heavy atom. The monoisotopic (exact) mass is 264 g/mol. The fourth-order valence-electron chi connectivity index (χ4n) is 2.73. The summed E-state index contributed by atoms with van der Waals surface area (Å²) in [6.45, 7) is 2.02. The van der Waals surface area contributed by atoms with E-state index >= 15 is 0 Å². The van der Waals surface area contributed by atoms with Crippen LogP contribution in [0.25, 0.3) is 0 Å². The van der Waals surface area contributed by atoms with E-state index in [-0.39, 0.29) is 18.5 Å². The molecule has 1 saturated carbocycles. The average Bonchev–Trinajstić information content (AvgIpc) is 2.76. The first-order valence-electron chi connectivity index (χ1n) is 6.74. The number of carboxylic acids is 1. The van der Waals surface area contributed by atoms with E-state index < -0.39 is 5.97 Å². The fourth-order valence-corrected chi connectivity index (χ4v) is 2.73. The number of amides is 1. The van der Waals surface area contributed by atoms with E-state index in [9.17, 15) is 9.59 Å². The molecule has 0 radical (unpaired) electrons. The predicted octanol–water partition coefficient (Wildman–Crippen LogP) is 1.88. The minimum absolute atomic E-state index is 0.176. The Morgan fingerprint density at radius 3 is 2.95 bits per heavy atom. The molecule has 0 saturated heterocycles. The van der Waals surface area contributed by atoms with Gasteiger partial charge in [-0.15, -0.1) is 0 Å². The lowest BCUT2D eigenvalue weighted by atomic mass is 9.87. The van der Waals surface area contributed by atoms with Crippen LogP contribution in [0.3, 0.4) is 0 Å². The second-order valence-electron chi connectivity index (χ2n) is 5.36. The lowest BCUT2D eigenvalue weighted by molar-refractivity contribution is -0.137. The number of aromatic nitrogens is 1. The first kappa shape index (κ1) is 13.6. The number of hydrogen-bond acceptors (Lipinski definition) is 2. The molecule has 1 aromatic rings. The maximum Gasteiger partial charge on any atom is 0.323 e. The molecule has 1 fully saturated rings. The minimum Gasteiger partial charge on any atom is -0.480 e. The molecule has 2 rings (SSSR count). The van der Waals surface area contributed by atoms with E-state index in [1.54, 1.807) is 18.3 Å². The summed E-state index contributed by atoms with van der Waals surface area (Å²) < 4.78 is 1.46. The highest BCUT2D eigenvalue weighted by Crippen LogP contribution is 2.23. The smallest absolute Gasteiger partial charge is 0.323 e. The van der Waals surface area contributed by atoms with E-state index in [0.717, 1.165) is 19.3 Å². The van der Waals surface area contributed by atoms with Crippen molar-refractivity contribution in [2.24, 2.45) is 5.92 Å². The quantitative estimate of drug-likeness (QED) is 0.872. The van der Waals surface area contributed by atoms with Crippen LogP contribution >= 0.6 is 0 Å². The number of carbonyl (C=O) groups is 2. The Hall–Kier alpha value is -1.78. The van der Waals surface area contributed by atoms with Crippen molar-refractivity contribution in [3.63, 3.8) is 0 Å². The number of carboxylic acid groups (broad SMARTS) is 1. The van der Waals surface area contributed by atoms with Gasteiger partial charge in [0.05, 0.1) is 0 Å². The van der Waals surface area contributed by atoms with Gasteiger partial charge in [-0.2, -0.15) is 0 Å².